The van der Waals surface area contributed by atoms with Crippen molar-refractivity contribution in [3.8, 4) is 0 Å². The van der Waals surface area contributed by atoms with E-state index in [2.05, 4.69) is 5.32 Å². The van der Waals surface area contributed by atoms with Gasteiger partial charge in [-0.25, -0.2) is 4.79 Å². The fourth-order valence-corrected chi connectivity index (χ4v) is 2.94. The van der Waals surface area contributed by atoms with Crippen molar-refractivity contribution in [1.29, 1.82) is 0 Å². The predicted octanol–water partition coefficient (Wildman–Crippen LogP) is 0.337. The summed E-state index contributed by atoms with van der Waals surface area (Å²) in [7, 11) is 0. The molecule has 3 amide bonds. The number of hydrogen-bond donors (Lipinski definition) is 1. The number of carbonyl (C=O) groups excluding carboxylic acids is 2. The van der Waals surface area contributed by atoms with Gasteiger partial charge in [0.15, 0.2) is 0 Å². The van der Waals surface area contributed by atoms with E-state index in [0.717, 1.165) is 19.4 Å². The van der Waals surface area contributed by atoms with Crippen LogP contribution < -0.4 is 5.32 Å². The maximum absolute atomic E-state index is 11.4. The van der Waals surface area contributed by atoms with Crippen LogP contribution >= 0.6 is 0 Å². The molecule has 0 bridgehead atoms. The Balaban J connectivity index is 1.91. The average Bonchev–Trinajstić information content (AvgIpc) is 2.04. The van der Waals surface area contributed by atoms with Gasteiger partial charge in [-0.15, -0.1) is 0 Å². The number of rotatable bonds is 0. The van der Waals surface area contributed by atoms with Gasteiger partial charge in [0.1, 0.15) is 0 Å². The van der Waals surface area contributed by atoms with Gasteiger partial charge in [0.05, 0.1) is 5.92 Å². The molecule has 4 nitrogen and oxygen atoms in total. The monoisotopic (exact) mass is 180 g/mol. The molecular weight excluding hydrogens is 168 g/mol. The van der Waals surface area contributed by atoms with E-state index in [0.29, 0.717) is 5.92 Å². The van der Waals surface area contributed by atoms with Crippen molar-refractivity contribution in [2.75, 3.05) is 6.54 Å². The average molecular weight is 180 g/mol. The van der Waals surface area contributed by atoms with E-state index in [4.69, 9.17) is 0 Å². The first-order chi connectivity index (χ1) is 6.27. The molecule has 3 atom stereocenters. The molecule has 3 rings (SSSR count). The molecule has 0 aromatic carbocycles. The first-order valence-electron chi connectivity index (χ1n) is 4.89. The number of amides is 3. The molecule has 2 heterocycles. The molecule has 4 heteroatoms. The summed E-state index contributed by atoms with van der Waals surface area (Å²) in [5.41, 5.74) is 0. The van der Waals surface area contributed by atoms with Crippen LogP contribution in [0.15, 0.2) is 0 Å². The summed E-state index contributed by atoms with van der Waals surface area (Å²) >= 11 is 0. The molecule has 13 heavy (non-hydrogen) atoms. The summed E-state index contributed by atoms with van der Waals surface area (Å²) in [5.74, 6) is 0.654. The summed E-state index contributed by atoms with van der Waals surface area (Å²) in [6.07, 6.45) is 3.27. The Morgan fingerprint density at radius 3 is 3.08 bits per heavy atom. The van der Waals surface area contributed by atoms with E-state index in [1.54, 1.807) is 0 Å². The second kappa shape index (κ2) is 2.25. The molecule has 0 unspecified atom stereocenters. The van der Waals surface area contributed by atoms with Gasteiger partial charge in [-0.2, -0.15) is 0 Å². The third-order valence-corrected chi connectivity index (χ3v) is 3.61. The number of carbonyl (C=O) groups is 2. The van der Waals surface area contributed by atoms with Gasteiger partial charge >= 0.3 is 6.03 Å². The molecule has 1 N–H and O–H groups in total. The Morgan fingerprint density at radius 1 is 1.38 bits per heavy atom. The zero-order valence-corrected chi connectivity index (χ0v) is 7.32. The lowest BCUT2D eigenvalue weighted by atomic mass is 9.64. The number of hydrogen-bond acceptors (Lipinski definition) is 2. The van der Waals surface area contributed by atoms with Crippen LogP contribution in [0.5, 0.6) is 0 Å². The van der Waals surface area contributed by atoms with Crippen molar-refractivity contribution in [1.82, 2.24) is 10.2 Å². The summed E-state index contributed by atoms with van der Waals surface area (Å²) in [4.78, 5) is 24.6. The topological polar surface area (TPSA) is 49.4 Å². The standard InChI is InChI=1S/C9H12N2O2/c12-8-6-4-5-2-1-3-11(7(5)6)9(13)10-8/h5-7H,1-4H2,(H,10,12,13)/t5-,6+,7-/m1/s1. The highest BCUT2D eigenvalue weighted by atomic mass is 16.2. The van der Waals surface area contributed by atoms with Gasteiger partial charge in [-0.3, -0.25) is 10.1 Å². The SMILES string of the molecule is O=C1NC(=O)N2CCC[C@@H]3C[C@H]1[C@@H]32. The first kappa shape index (κ1) is 7.35. The third kappa shape index (κ3) is 0.806. The highest BCUT2D eigenvalue weighted by molar-refractivity contribution is 5.99. The van der Waals surface area contributed by atoms with E-state index >= 15 is 0 Å². The third-order valence-electron chi connectivity index (χ3n) is 3.61. The second-order valence-electron chi connectivity index (χ2n) is 4.22. The van der Waals surface area contributed by atoms with Crippen LogP contribution in [0, 0.1) is 11.8 Å². The minimum absolute atomic E-state index is 0.0515. The van der Waals surface area contributed by atoms with Crippen molar-refractivity contribution < 1.29 is 9.59 Å². The quantitative estimate of drug-likeness (QED) is 0.584. The van der Waals surface area contributed by atoms with Crippen molar-refractivity contribution in [3.05, 3.63) is 0 Å². The highest BCUT2D eigenvalue weighted by Gasteiger charge is 2.54. The summed E-state index contributed by atoms with van der Waals surface area (Å²) in [6.45, 7) is 0.830. The molecule has 0 aromatic heterocycles. The summed E-state index contributed by atoms with van der Waals surface area (Å²) < 4.78 is 0. The van der Waals surface area contributed by atoms with E-state index in [1.807, 2.05) is 4.90 Å². The van der Waals surface area contributed by atoms with Gasteiger partial charge in [0, 0.05) is 12.6 Å². The molecule has 3 aliphatic rings. The first-order valence-corrected chi connectivity index (χ1v) is 4.89. The molecule has 3 fully saturated rings. The van der Waals surface area contributed by atoms with Crippen LogP contribution in [0.2, 0.25) is 0 Å². The zero-order chi connectivity index (χ0) is 9.00. The minimum atomic E-state index is -0.171. The molecule has 2 aliphatic heterocycles. The van der Waals surface area contributed by atoms with Crippen molar-refractivity contribution in [3.63, 3.8) is 0 Å². The Labute approximate surface area is 76.3 Å². The van der Waals surface area contributed by atoms with Crippen LogP contribution in [-0.4, -0.2) is 29.4 Å². The van der Waals surface area contributed by atoms with Gasteiger partial charge in [0.25, 0.3) is 0 Å². The number of imide groups is 1. The lowest BCUT2D eigenvalue weighted by Gasteiger charge is -2.55. The summed E-state index contributed by atoms with van der Waals surface area (Å²) in [5, 5.41) is 2.41. The normalized spacial score (nSPS) is 42.2. The number of urea groups is 1. The van der Waals surface area contributed by atoms with Gasteiger partial charge in [0.2, 0.25) is 5.91 Å². The molecule has 70 valence electrons. The van der Waals surface area contributed by atoms with E-state index in [-0.39, 0.29) is 23.9 Å². The van der Waals surface area contributed by atoms with E-state index in [9.17, 15) is 9.59 Å². The van der Waals surface area contributed by atoms with Crippen LogP contribution in [0.25, 0.3) is 0 Å². The van der Waals surface area contributed by atoms with Crippen LogP contribution in [0.3, 0.4) is 0 Å². The predicted molar refractivity (Wildman–Crippen MR) is 44.9 cm³/mol. The Hall–Kier alpha value is -1.06. The minimum Gasteiger partial charge on any atom is -0.320 e. The second-order valence-corrected chi connectivity index (χ2v) is 4.22. The molecule has 0 aromatic rings. The van der Waals surface area contributed by atoms with Gasteiger partial charge in [-0.1, -0.05) is 0 Å². The van der Waals surface area contributed by atoms with Crippen molar-refractivity contribution in [2.45, 2.75) is 25.3 Å². The smallest absolute Gasteiger partial charge is 0.320 e. The Bertz CT molecular complexity index is 289. The van der Waals surface area contributed by atoms with Gasteiger partial charge < -0.3 is 4.90 Å². The van der Waals surface area contributed by atoms with E-state index < -0.39 is 0 Å². The Kier molecular flexibility index (Phi) is 1.27. The van der Waals surface area contributed by atoms with Crippen molar-refractivity contribution >= 4 is 11.9 Å². The van der Waals surface area contributed by atoms with E-state index in [1.165, 1.54) is 6.42 Å². The highest BCUT2D eigenvalue weighted by Crippen LogP contribution is 2.45. The van der Waals surface area contributed by atoms with Crippen molar-refractivity contribution in [2.24, 2.45) is 11.8 Å². The number of nitrogens with one attached hydrogen (secondary N) is 1. The maximum atomic E-state index is 11.4. The number of nitrogens with zero attached hydrogens (tertiary/aromatic N) is 1. The molecular formula is C9H12N2O2. The van der Waals surface area contributed by atoms with Gasteiger partial charge in [-0.05, 0) is 25.2 Å². The molecule has 0 spiro atoms. The van der Waals surface area contributed by atoms with Crippen LogP contribution in [0.1, 0.15) is 19.3 Å². The zero-order valence-electron chi connectivity index (χ0n) is 7.32. The largest absolute Gasteiger partial charge is 0.324 e. The van der Waals surface area contributed by atoms with Crippen LogP contribution in [-0.2, 0) is 4.79 Å². The maximum Gasteiger partial charge on any atom is 0.324 e. The molecule has 1 aliphatic carbocycles. The Morgan fingerprint density at radius 2 is 2.23 bits per heavy atom. The van der Waals surface area contributed by atoms with Crippen LogP contribution in [0.4, 0.5) is 4.79 Å². The number of piperidine rings is 1. The lowest BCUT2D eigenvalue weighted by molar-refractivity contribution is -0.139. The fourth-order valence-electron chi connectivity index (χ4n) is 2.94. The molecule has 1 saturated carbocycles. The summed E-state index contributed by atoms with van der Waals surface area (Å²) in [6, 6.07) is 0.0747. The lowest BCUT2D eigenvalue weighted by Crippen LogP contribution is -2.69. The molecule has 0 radical (unpaired) electrons. The fraction of sp³-hybridized carbons (Fsp3) is 0.778. The molecule has 2 saturated heterocycles.